The van der Waals surface area contributed by atoms with E-state index < -0.39 is 49.9 Å². The van der Waals surface area contributed by atoms with Gasteiger partial charge in [0.15, 0.2) is 5.60 Å². The fourth-order valence-electron chi connectivity index (χ4n) is 4.23. The number of carboxylic acid groups (broad SMARTS) is 1. The number of alkyl halides is 3. The molecular formula is C22H25F3O3Si. The van der Waals surface area contributed by atoms with Gasteiger partial charge in [-0.3, -0.25) is 4.79 Å². The molecule has 1 saturated carbocycles. The highest BCUT2D eigenvalue weighted by atomic mass is 28.4. The fourth-order valence-corrected chi connectivity index (χ4v) is 9.03. The van der Waals surface area contributed by atoms with Crippen molar-refractivity contribution in [3.05, 3.63) is 60.7 Å². The Morgan fingerprint density at radius 3 is 1.69 bits per heavy atom. The van der Waals surface area contributed by atoms with Crippen LogP contribution in [0.1, 0.15) is 33.6 Å². The quantitative estimate of drug-likeness (QED) is 0.729. The summed E-state index contributed by atoms with van der Waals surface area (Å²) in [6.45, 7) is 5.70. The Hall–Kier alpha value is -2.12. The first kappa shape index (κ1) is 21.6. The Bertz CT molecular complexity index is 815. The molecular weight excluding hydrogens is 397 g/mol. The number of aliphatic carboxylic acids is 1. The number of benzene rings is 2. The maximum Gasteiger partial charge on any atom is 0.416 e. The van der Waals surface area contributed by atoms with Crippen LogP contribution in [0, 0.1) is 5.92 Å². The molecule has 3 rings (SSSR count). The Morgan fingerprint density at radius 2 is 1.38 bits per heavy atom. The van der Waals surface area contributed by atoms with Crippen molar-refractivity contribution in [2.75, 3.05) is 0 Å². The van der Waals surface area contributed by atoms with Gasteiger partial charge in [0, 0.05) is 0 Å². The van der Waals surface area contributed by atoms with Gasteiger partial charge in [-0.25, -0.2) is 0 Å². The summed E-state index contributed by atoms with van der Waals surface area (Å²) in [5, 5.41) is 10.1. The first-order valence-electron chi connectivity index (χ1n) is 9.54. The summed E-state index contributed by atoms with van der Waals surface area (Å²) in [4.78, 5) is 11.3. The van der Waals surface area contributed by atoms with E-state index in [1.807, 2.05) is 57.2 Å². The van der Waals surface area contributed by atoms with Crippen molar-refractivity contribution in [3.8, 4) is 0 Å². The maximum absolute atomic E-state index is 14.2. The van der Waals surface area contributed by atoms with Crippen LogP contribution in [0.4, 0.5) is 13.2 Å². The molecule has 29 heavy (non-hydrogen) atoms. The second-order valence-corrected chi connectivity index (χ2v) is 12.9. The average molecular weight is 423 g/mol. The van der Waals surface area contributed by atoms with E-state index in [4.69, 9.17) is 4.43 Å². The molecule has 2 aromatic rings. The normalized spacial score (nSPS) is 22.8. The van der Waals surface area contributed by atoms with Gasteiger partial charge in [0.25, 0.3) is 8.32 Å². The molecule has 1 N–H and O–H groups in total. The van der Waals surface area contributed by atoms with Gasteiger partial charge in [-0.1, -0.05) is 81.4 Å². The molecule has 0 aromatic heterocycles. The highest BCUT2D eigenvalue weighted by molar-refractivity contribution is 6.99. The van der Waals surface area contributed by atoms with Crippen molar-refractivity contribution in [2.24, 2.45) is 5.92 Å². The van der Waals surface area contributed by atoms with Gasteiger partial charge in [0.2, 0.25) is 0 Å². The second-order valence-electron chi connectivity index (χ2n) is 8.70. The van der Waals surface area contributed by atoms with Crippen LogP contribution < -0.4 is 10.4 Å². The topological polar surface area (TPSA) is 46.5 Å². The van der Waals surface area contributed by atoms with Crippen molar-refractivity contribution < 1.29 is 27.5 Å². The van der Waals surface area contributed by atoms with Gasteiger partial charge in [-0.05, 0) is 28.3 Å². The van der Waals surface area contributed by atoms with E-state index in [0.29, 0.717) is 0 Å². The molecule has 1 fully saturated rings. The zero-order valence-corrected chi connectivity index (χ0v) is 17.7. The van der Waals surface area contributed by atoms with Crippen LogP contribution in [0.25, 0.3) is 0 Å². The van der Waals surface area contributed by atoms with Crippen molar-refractivity contribution >= 4 is 24.7 Å². The monoisotopic (exact) mass is 422 g/mol. The highest BCUT2D eigenvalue weighted by Crippen LogP contribution is 2.54. The molecule has 0 saturated heterocycles. The Labute approximate surface area is 169 Å². The van der Waals surface area contributed by atoms with Crippen molar-refractivity contribution in [2.45, 2.75) is 50.4 Å². The average Bonchev–Trinajstić information content (AvgIpc) is 2.60. The third kappa shape index (κ3) is 3.62. The van der Waals surface area contributed by atoms with Gasteiger partial charge in [-0.15, -0.1) is 0 Å². The van der Waals surface area contributed by atoms with E-state index in [9.17, 15) is 23.1 Å². The maximum atomic E-state index is 14.2. The zero-order valence-electron chi connectivity index (χ0n) is 16.7. The number of halogens is 3. The summed E-state index contributed by atoms with van der Waals surface area (Å²) in [5.74, 6) is -2.26. The standard InChI is InChI=1S/C22H25F3O3Si/c1-20(2,3)29(17-10-6-4-7-11-17,18-12-8-5-9-13-18)28-21(22(23,24)25)14-16(15-21)19(26)27/h4-13,16H,14-15H2,1-3H3,(H,26,27). The predicted molar refractivity (Wildman–Crippen MR) is 108 cm³/mol. The molecule has 7 heteroatoms. The van der Waals surface area contributed by atoms with Gasteiger partial charge in [0.05, 0.1) is 5.92 Å². The number of hydrogen-bond donors (Lipinski definition) is 1. The van der Waals surface area contributed by atoms with Crippen LogP contribution in [0.15, 0.2) is 60.7 Å². The molecule has 0 unspecified atom stereocenters. The minimum Gasteiger partial charge on any atom is -0.481 e. The van der Waals surface area contributed by atoms with E-state index >= 15 is 0 Å². The molecule has 0 amide bonds. The summed E-state index contributed by atoms with van der Waals surface area (Å²) in [6.07, 6.45) is -5.78. The summed E-state index contributed by atoms with van der Waals surface area (Å²) >= 11 is 0. The van der Waals surface area contributed by atoms with E-state index in [1.165, 1.54) is 0 Å². The van der Waals surface area contributed by atoms with Crippen LogP contribution in [-0.2, 0) is 9.22 Å². The molecule has 0 spiro atoms. The Morgan fingerprint density at radius 1 is 0.966 bits per heavy atom. The molecule has 1 aliphatic rings. The molecule has 156 valence electrons. The van der Waals surface area contributed by atoms with Crippen LogP contribution in [0.2, 0.25) is 5.04 Å². The number of carbonyl (C=O) groups is 1. The minimum atomic E-state index is -4.66. The summed E-state index contributed by atoms with van der Waals surface area (Å²) < 4.78 is 49.0. The third-order valence-electron chi connectivity index (χ3n) is 5.78. The van der Waals surface area contributed by atoms with E-state index in [-0.39, 0.29) is 0 Å². The lowest BCUT2D eigenvalue weighted by Gasteiger charge is -2.54. The molecule has 1 aliphatic carbocycles. The first-order valence-corrected chi connectivity index (χ1v) is 11.4. The minimum absolute atomic E-state index is 0.559. The Kier molecular flexibility index (Phi) is 5.42. The zero-order chi connectivity index (χ0) is 21.5. The van der Waals surface area contributed by atoms with Crippen molar-refractivity contribution in [1.29, 1.82) is 0 Å². The number of carboxylic acids is 1. The molecule has 0 heterocycles. The van der Waals surface area contributed by atoms with Crippen LogP contribution in [0.3, 0.4) is 0 Å². The molecule has 0 aliphatic heterocycles. The predicted octanol–water partition coefficient (Wildman–Crippen LogP) is 4.36. The third-order valence-corrected chi connectivity index (χ3v) is 10.9. The van der Waals surface area contributed by atoms with Crippen molar-refractivity contribution in [1.82, 2.24) is 0 Å². The smallest absolute Gasteiger partial charge is 0.416 e. The molecule has 0 bridgehead atoms. The molecule has 3 nitrogen and oxygen atoms in total. The van der Waals surface area contributed by atoms with Crippen LogP contribution in [0.5, 0.6) is 0 Å². The van der Waals surface area contributed by atoms with E-state index in [2.05, 4.69) is 0 Å². The van der Waals surface area contributed by atoms with Crippen LogP contribution in [-0.4, -0.2) is 31.2 Å². The first-order chi connectivity index (χ1) is 13.4. The van der Waals surface area contributed by atoms with Crippen LogP contribution >= 0.6 is 0 Å². The lowest BCUT2D eigenvalue weighted by atomic mass is 9.70. The molecule has 0 atom stereocenters. The molecule has 0 radical (unpaired) electrons. The summed E-state index contributed by atoms with van der Waals surface area (Å²) in [6, 6.07) is 18.1. The summed E-state index contributed by atoms with van der Waals surface area (Å²) in [7, 11) is -3.44. The van der Waals surface area contributed by atoms with E-state index in [0.717, 1.165) is 10.4 Å². The van der Waals surface area contributed by atoms with Crippen molar-refractivity contribution in [3.63, 3.8) is 0 Å². The number of hydrogen-bond acceptors (Lipinski definition) is 2. The fraction of sp³-hybridized carbons (Fsp3) is 0.409. The van der Waals surface area contributed by atoms with Gasteiger partial charge >= 0.3 is 12.1 Å². The van der Waals surface area contributed by atoms with Gasteiger partial charge < -0.3 is 9.53 Å². The summed E-state index contributed by atoms with van der Waals surface area (Å²) in [5.41, 5.74) is -2.46. The highest BCUT2D eigenvalue weighted by Gasteiger charge is 2.69. The lowest BCUT2D eigenvalue weighted by molar-refractivity contribution is -0.289. The van der Waals surface area contributed by atoms with Gasteiger partial charge in [-0.2, -0.15) is 13.2 Å². The largest absolute Gasteiger partial charge is 0.481 e. The lowest BCUT2D eigenvalue weighted by Crippen LogP contribution is -2.74. The Balaban J connectivity index is 2.22. The van der Waals surface area contributed by atoms with Gasteiger partial charge in [0.1, 0.15) is 0 Å². The van der Waals surface area contributed by atoms with E-state index in [1.54, 1.807) is 24.3 Å². The number of rotatable bonds is 5. The second kappa shape index (κ2) is 7.29. The SMILES string of the molecule is CC(C)(C)[Si](OC1(C(F)(F)F)CC(C(=O)O)C1)(c1ccccc1)c1ccccc1. The molecule has 2 aromatic carbocycles.